The number of nitrogens with zero attached hydrogens (tertiary/aromatic N) is 5. The van der Waals surface area contributed by atoms with Crippen LogP contribution in [0, 0.1) is 0 Å². The third-order valence-electron chi connectivity index (χ3n) is 5.06. The van der Waals surface area contributed by atoms with E-state index in [-0.39, 0.29) is 5.91 Å². The lowest BCUT2D eigenvalue weighted by atomic mass is 10.1. The molecule has 0 spiro atoms. The number of carbonyl (C=O) groups is 1. The van der Waals surface area contributed by atoms with E-state index >= 15 is 0 Å². The van der Waals surface area contributed by atoms with Crippen molar-refractivity contribution < 1.29 is 4.79 Å². The molecule has 0 unspecified atom stereocenters. The average molecular weight is 439 g/mol. The van der Waals surface area contributed by atoms with Gasteiger partial charge in [0.05, 0.1) is 6.54 Å². The zero-order valence-corrected chi connectivity index (χ0v) is 18.7. The van der Waals surface area contributed by atoms with Crippen molar-refractivity contribution in [3.8, 4) is 11.3 Å². The highest BCUT2D eigenvalue weighted by atomic mass is 16.1. The maximum atomic E-state index is 12.5. The van der Waals surface area contributed by atoms with Gasteiger partial charge in [-0.15, -0.1) is 0 Å². The minimum absolute atomic E-state index is 0.175. The number of nitrogens with one attached hydrogen (secondary N) is 1. The second kappa shape index (κ2) is 10.4. The van der Waals surface area contributed by atoms with Gasteiger partial charge in [-0.1, -0.05) is 30.3 Å². The Morgan fingerprint density at radius 3 is 2.67 bits per heavy atom. The first-order valence-corrected chi connectivity index (χ1v) is 10.7. The molecule has 7 heteroatoms. The van der Waals surface area contributed by atoms with Crippen LogP contribution in [0.1, 0.15) is 16.7 Å². The maximum Gasteiger partial charge on any atom is 0.244 e. The standard InChI is InChI=1S/C26H26N6O/c1-31(2)24-15-21(12-14-28-24)16-29-25(33)11-10-23-19-32(18-20-7-4-3-5-8-20)30-26(23)22-9-6-13-27-17-22/h3-15,17,19H,16,18H2,1-2H3,(H,29,33). The second-order valence-electron chi connectivity index (χ2n) is 7.83. The molecule has 0 bridgehead atoms. The molecular weight excluding hydrogens is 412 g/mol. The number of hydrogen-bond donors (Lipinski definition) is 1. The maximum absolute atomic E-state index is 12.5. The molecule has 0 aliphatic rings. The molecule has 4 aromatic rings. The summed E-state index contributed by atoms with van der Waals surface area (Å²) >= 11 is 0. The molecule has 0 saturated carbocycles. The van der Waals surface area contributed by atoms with Crippen LogP contribution in [0.25, 0.3) is 17.3 Å². The summed E-state index contributed by atoms with van der Waals surface area (Å²) < 4.78 is 1.88. The first-order chi connectivity index (χ1) is 16.1. The molecule has 0 aliphatic carbocycles. The number of benzene rings is 1. The van der Waals surface area contributed by atoms with Crippen molar-refractivity contribution in [2.75, 3.05) is 19.0 Å². The van der Waals surface area contributed by atoms with Gasteiger partial charge < -0.3 is 10.2 Å². The number of rotatable bonds is 8. The number of aromatic nitrogens is 4. The zero-order valence-electron chi connectivity index (χ0n) is 18.7. The smallest absolute Gasteiger partial charge is 0.244 e. The van der Waals surface area contributed by atoms with Crippen LogP contribution in [0.15, 0.2) is 85.5 Å². The van der Waals surface area contributed by atoms with Crippen molar-refractivity contribution in [2.45, 2.75) is 13.1 Å². The number of amides is 1. The van der Waals surface area contributed by atoms with Crippen LogP contribution in [0.4, 0.5) is 5.82 Å². The van der Waals surface area contributed by atoms with Crippen molar-refractivity contribution >= 4 is 17.8 Å². The van der Waals surface area contributed by atoms with Gasteiger partial charge in [0, 0.05) is 62.6 Å². The molecule has 166 valence electrons. The first kappa shape index (κ1) is 22.0. The van der Waals surface area contributed by atoms with Crippen LogP contribution >= 0.6 is 0 Å². The fourth-order valence-corrected chi connectivity index (χ4v) is 3.37. The Morgan fingerprint density at radius 1 is 1.06 bits per heavy atom. The normalized spacial score (nSPS) is 11.0. The molecule has 3 heterocycles. The lowest BCUT2D eigenvalue weighted by Gasteiger charge is -2.12. The molecule has 0 fully saturated rings. The molecule has 0 radical (unpaired) electrons. The highest BCUT2D eigenvalue weighted by Crippen LogP contribution is 2.23. The summed E-state index contributed by atoms with van der Waals surface area (Å²) in [4.78, 5) is 22.9. The molecule has 3 aromatic heterocycles. The summed E-state index contributed by atoms with van der Waals surface area (Å²) in [5.41, 5.74) is 4.68. The van der Waals surface area contributed by atoms with Gasteiger partial charge in [0.2, 0.25) is 5.91 Å². The zero-order chi connectivity index (χ0) is 23.0. The van der Waals surface area contributed by atoms with Crippen molar-refractivity contribution in [2.24, 2.45) is 0 Å². The summed E-state index contributed by atoms with van der Waals surface area (Å²) in [6.07, 6.45) is 10.5. The van der Waals surface area contributed by atoms with Crippen molar-refractivity contribution in [3.63, 3.8) is 0 Å². The van der Waals surface area contributed by atoms with Crippen LogP contribution in [0.5, 0.6) is 0 Å². The van der Waals surface area contributed by atoms with E-state index < -0.39 is 0 Å². The number of hydrogen-bond acceptors (Lipinski definition) is 5. The Morgan fingerprint density at radius 2 is 1.91 bits per heavy atom. The van der Waals surface area contributed by atoms with E-state index in [9.17, 15) is 4.79 Å². The lowest BCUT2D eigenvalue weighted by molar-refractivity contribution is -0.116. The number of carbonyl (C=O) groups excluding carboxylic acids is 1. The minimum atomic E-state index is -0.175. The van der Waals surface area contributed by atoms with Crippen LogP contribution in [-0.4, -0.2) is 39.8 Å². The number of anilines is 1. The third-order valence-corrected chi connectivity index (χ3v) is 5.06. The Bertz CT molecular complexity index is 1230. The molecule has 0 aliphatic heterocycles. The molecule has 0 atom stereocenters. The molecule has 4 rings (SSSR count). The third kappa shape index (κ3) is 5.92. The molecule has 33 heavy (non-hydrogen) atoms. The van der Waals surface area contributed by atoms with Crippen molar-refractivity contribution in [1.82, 2.24) is 25.1 Å². The summed E-state index contributed by atoms with van der Waals surface area (Å²) in [5, 5.41) is 7.69. The summed E-state index contributed by atoms with van der Waals surface area (Å²) in [6.45, 7) is 1.07. The summed E-state index contributed by atoms with van der Waals surface area (Å²) in [7, 11) is 3.87. The van der Waals surface area contributed by atoms with Gasteiger partial charge >= 0.3 is 0 Å². The predicted octanol–water partition coefficient (Wildman–Crippen LogP) is 3.78. The Balaban J connectivity index is 1.49. The molecular formula is C26H26N6O. The van der Waals surface area contributed by atoms with Crippen molar-refractivity contribution in [1.29, 1.82) is 0 Å². The molecule has 0 saturated heterocycles. The van der Waals surface area contributed by atoms with Gasteiger partial charge in [-0.3, -0.25) is 14.5 Å². The topological polar surface area (TPSA) is 75.9 Å². The summed E-state index contributed by atoms with van der Waals surface area (Å²) in [5.74, 6) is 0.676. The Labute approximate surface area is 193 Å². The Hall–Kier alpha value is -4.26. The van der Waals surface area contributed by atoms with Crippen LogP contribution in [-0.2, 0) is 17.9 Å². The molecule has 1 aromatic carbocycles. The van der Waals surface area contributed by atoms with Gasteiger partial charge in [0.1, 0.15) is 11.5 Å². The minimum Gasteiger partial charge on any atom is -0.363 e. The first-order valence-electron chi connectivity index (χ1n) is 10.7. The van der Waals surface area contributed by atoms with Gasteiger partial charge in [0.15, 0.2) is 0 Å². The van der Waals surface area contributed by atoms with Gasteiger partial charge in [-0.2, -0.15) is 5.10 Å². The van der Waals surface area contributed by atoms with E-state index in [0.29, 0.717) is 13.1 Å². The lowest BCUT2D eigenvalue weighted by Crippen LogP contribution is -2.20. The van der Waals surface area contributed by atoms with Gasteiger partial charge in [-0.25, -0.2) is 4.98 Å². The monoisotopic (exact) mass is 438 g/mol. The van der Waals surface area contributed by atoms with E-state index in [1.807, 2.05) is 72.3 Å². The second-order valence-corrected chi connectivity index (χ2v) is 7.83. The van der Waals surface area contributed by atoms with E-state index in [1.54, 1.807) is 24.7 Å². The van der Waals surface area contributed by atoms with E-state index in [1.165, 1.54) is 6.08 Å². The quantitative estimate of drug-likeness (QED) is 0.424. The largest absolute Gasteiger partial charge is 0.363 e. The summed E-state index contributed by atoms with van der Waals surface area (Å²) in [6, 6.07) is 17.8. The number of pyridine rings is 2. The fourth-order valence-electron chi connectivity index (χ4n) is 3.37. The van der Waals surface area contributed by atoms with Crippen LogP contribution < -0.4 is 10.2 Å². The molecule has 1 N–H and O–H groups in total. The van der Waals surface area contributed by atoms with Gasteiger partial charge in [0.25, 0.3) is 0 Å². The SMILES string of the molecule is CN(C)c1cc(CNC(=O)C=Cc2cn(Cc3ccccc3)nc2-c2cccnc2)ccn1. The van der Waals surface area contributed by atoms with E-state index in [2.05, 4.69) is 27.4 Å². The van der Waals surface area contributed by atoms with E-state index in [4.69, 9.17) is 5.10 Å². The van der Waals surface area contributed by atoms with Crippen LogP contribution in [0.3, 0.4) is 0 Å². The van der Waals surface area contributed by atoms with Gasteiger partial charge in [-0.05, 0) is 41.5 Å². The highest BCUT2D eigenvalue weighted by Gasteiger charge is 2.10. The van der Waals surface area contributed by atoms with E-state index in [0.717, 1.165) is 33.8 Å². The predicted molar refractivity (Wildman–Crippen MR) is 130 cm³/mol. The fraction of sp³-hybridized carbons (Fsp3) is 0.154. The van der Waals surface area contributed by atoms with Crippen molar-refractivity contribution in [3.05, 3.63) is 102 Å². The molecule has 7 nitrogen and oxygen atoms in total. The Kier molecular flexibility index (Phi) is 6.90. The van der Waals surface area contributed by atoms with Crippen LogP contribution in [0.2, 0.25) is 0 Å². The average Bonchev–Trinajstić information content (AvgIpc) is 3.25. The molecule has 1 amide bonds. The highest BCUT2D eigenvalue weighted by molar-refractivity contribution is 5.92.